The van der Waals surface area contributed by atoms with Gasteiger partial charge in [-0.3, -0.25) is 9.59 Å². The Morgan fingerprint density at radius 2 is 1.89 bits per heavy atom. The van der Waals surface area contributed by atoms with Gasteiger partial charge in [-0.15, -0.1) is 0 Å². The fourth-order valence-electron chi connectivity index (χ4n) is 3.89. The molecule has 2 aromatic rings. The number of thioether (sulfide) groups is 1. The normalized spacial score (nSPS) is 17.5. The summed E-state index contributed by atoms with van der Waals surface area (Å²) in [6.45, 7) is 0.969. The van der Waals surface area contributed by atoms with E-state index in [4.69, 9.17) is 19.8 Å². The van der Waals surface area contributed by atoms with E-state index >= 15 is 0 Å². The number of carboxylic acids is 1. The number of rotatable bonds is 5. The minimum absolute atomic E-state index is 0.0171. The third kappa shape index (κ3) is 5.89. The number of likely N-dealkylation sites (tertiary alicyclic amines) is 1. The summed E-state index contributed by atoms with van der Waals surface area (Å²) in [6.07, 6.45) is -2.21. The molecule has 0 saturated carbocycles. The topological polar surface area (TPSA) is 112 Å². The number of nitriles is 1. The lowest BCUT2D eigenvalue weighted by Crippen LogP contribution is -2.38. The second-order valence-corrected chi connectivity index (χ2v) is 9.25. The van der Waals surface area contributed by atoms with Crippen LogP contribution in [-0.4, -0.2) is 47.2 Å². The summed E-state index contributed by atoms with van der Waals surface area (Å²) in [7, 11) is 1.33. The van der Waals surface area contributed by atoms with Crippen molar-refractivity contribution in [1.29, 1.82) is 5.26 Å². The van der Waals surface area contributed by atoms with E-state index in [0.717, 1.165) is 6.07 Å². The Morgan fingerprint density at radius 3 is 2.51 bits per heavy atom. The first-order chi connectivity index (χ1) is 17.6. The number of carboxylic acid groups (broad SMARTS) is 1. The summed E-state index contributed by atoms with van der Waals surface area (Å²) in [5.41, 5.74) is -0.707. The number of ether oxygens (including phenoxy) is 2. The summed E-state index contributed by atoms with van der Waals surface area (Å²) in [4.78, 5) is 29.9. The third-order valence-electron chi connectivity index (χ3n) is 5.84. The highest BCUT2D eigenvalue weighted by Crippen LogP contribution is 2.41. The molecule has 0 unspecified atom stereocenters. The van der Waals surface area contributed by atoms with Crippen molar-refractivity contribution in [2.75, 3.05) is 20.2 Å². The van der Waals surface area contributed by atoms with Gasteiger partial charge in [0.2, 0.25) is 0 Å². The van der Waals surface area contributed by atoms with Crippen molar-refractivity contribution in [1.82, 2.24) is 4.90 Å². The van der Waals surface area contributed by atoms with Crippen molar-refractivity contribution in [3.05, 3.63) is 58.0 Å². The molecular formula is C25H20F3N3O5S. The van der Waals surface area contributed by atoms with Crippen molar-refractivity contribution in [3.8, 4) is 23.3 Å². The Labute approximate surface area is 214 Å². The zero-order chi connectivity index (χ0) is 26.7. The maximum atomic E-state index is 13.5. The standard InChI is InChI=1S/C25H20F3N3O5S/c1-35-20-11-14(2-5-19(20)36-18-4-3-15(13-29)10-17(18)25(26,27)28)12-21-22(32)30-24(37-21)31-8-6-16(7-9-31)23(33)34/h2-5,10-12,16H,6-9H2,1H3,(H,33,34)/b21-12+. The molecule has 2 aromatic carbocycles. The zero-order valence-electron chi connectivity index (χ0n) is 19.4. The number of methoxy groups -OCH3 is 1. The molecule has 4 rings (SSSR count). The van der Waals surface area contributed by atoms with Crippen LogP contribution < -0.4 is 9.47 Å². The average molecular weight is 532 g/mol. The van der Waals surface area contributed by atoms with E-state index in [2.05, 4.69) is 4.99 Å². The number of aliphatic imine (C=N–C) groups is 1. The van der Waals surface area contributed by atoms with Gasteiger partial charge < -0.3 is 19.5 Å². The smallest absolute Gasteiger partial charge is 0.420 e. The molecule has 37 heavy (non-hydrogen) atoms. The summed E-state index contributed by atoms with van der Waals surface area (Å²) in [5, 5.41) is 18.6. The number of halogens is 3. The summed E-state index contributed by atoms with van der Waals surface area (Å²) < 4.78 is 51.3. The molecule has 1 fully saturated rings. The molecule has 0 aliphatic carbocycles. The number of hydrogen-bond acceptors (Lipinski definition) is 7. The van der Waals surface area contributed by atoms with E-state index in [9.17, 15) is 22.8 Å². The van der Waals surface area contributed by atoms with Crippen LogP contribution >= 0.6 is 11.8 Å². The molecule has 0 atom stereocenters. The van der Waals surface area contributed by atoms with Crippen molar-refractivity contribution >= 4 is 34.9 Å². The molecule has 0 bridgehead atoms. The van der Waals surface area contributed by atoms with Gasteiger partial charge in [0.1, 0.15) is 5.75 Å². The van der Waals surface area contributed by atoms with Gasteiger partial charge in [-0.25, -0.2) is 0 Å². The zero-order valence-corrected chi connectivity index (χ0v) is 20.2. The van der Waals surface area contributed by atoms with Gasteiger partial charge in [0.05, 0.1) is 35.1 Å². The van der Waals surface area contributed by atoms with Crippen LogP contribution in [0.25, 0.3) is 6.08 Å². The van der Waals surface area contributed by atoms with Crippen LogP contribution in [0.2, 0.25) is 0 Å². The Bertz CT molecular complexity index is 1340. The molecule has 1 saturated heterocycles. The quantitative estimate of drug-likeness (QED) is 0.528. The minimum atomic E-state index is -4.74. The molecule has 12 heteroatoms. The SMILES string of the molecule is COc1cc(/C=C2/SC(N3CCC(C(=O)O)CC3)=NC2=O)ccc1Oc1ccc(C#N)cc1C(F)(F)F. The van der Waals surface area contributed by atoms with Gasteiger partial charge >= 0.3 is 12.1 Å². The van der Waals surface area contributed by atoms with Crippen molar-refractivity contribution in [3.63, 3.8) is 0 Å². The molecule has 1 amide bonds. The first kappa shape index (κ1) is 26.1. The van der Waals surface area contributed by atoms with E-state index < -0.39 is 35.3 Å². The molecule has 2 aliphatic heterocycles. The highest BCUT2D eigenvalue weighted by Gasteiger charge is 2.35. The van der Waals surface area contributed by atoms with Crippen molar-refractivity contribution in [2.45, 2.75) is 19.0 Å². The summed E-state index contributed by atoms with van der Waals surface area (Å²) in [5.74, 6) is -2.00. The largest absolute Gasteiger partial charge is 0.493 e. The van der Waals surface area contributed by atoms with Gasteiger partial charge in [0, 0.05) is 13.1 Å². The molecule has 8 nitrogen and oxygen atoms in total. The highest BCUT2D eigenvalue weighted by molar-refractivity contribution is 8.18. The van der Waals surface area contributed by atoms with Gasteiger partial charge in [-0.05, 0) is 66.6 Å². The van der Waals surface area contributed by atoms with E-state index in [-0.39, 0.29) is 17.1 Å². The second kappa shape index (κ2) is 10.6. The lowest BCUT2D eigenvalue weighted by molar-refractivity contribution is -0.143. The number of piperidine rings is 1. The number of alkyl halides is 3. The lowest BCUT2D eigenvalue weighted by Gasteiger charge is -2.30. The fourth-order valence-corrected chi connectivity index (χ4v) is 4.85. The number of amidine groups is 1. The average Bonchev–Trinajstić information content (AvgIpc) is 3.24. The number of hydrogen-bond donors (Lipinski definition) is 1. The van der Waals surface area contributed by atoms with Crippen molar-refractivity contribution in [2.24, 2.45) is 10.9 Å². The molecule has 0 aromatic heterocycles. The lowest BCUT2D eigenvalue weighted by atomic mass is 9.98. The molecule has 192 valence electrons. The summed E-state index contributed by atoms with van der Waals surface area (Å²) >= 11 is 1.17. The monoisotopic (exact) mass is 531 g/mol. The summed E-state index contributed by atoms with van der Waals surface area (Å²) in [6, 6.07) is 9.19. The molecule has 1 N–H and O–H groups in total. The van der Waals surface area contributed by atoms with Gasteiger partial charge in [-0.1, -0.05) is 6.07 Å². The van der Waals surface area contributed by atoms with Crippen LogP contribution in [-0.2, 0) is 15.8 Å². The van der Waals surface area contributed by atoms with E-state index in [1.807, 2.05) is 4.90 Å². The predicted molar refractivity (Wildman–Crippen MR) is 129 cm³/mol. The molecule has 2 aliphatic rings. The second-order valence-electron chi connectivity index (χ2n) is 8.24. The Morgan fingerprint density at radius 1 is 1.19 bits per heavy atom. The predicted octanol–water partition coefficient (Wildman–Crippen LogP) is 5.14. The van der Waals surface area contributed by atoms with Gasteiger partial charge in [-0.2, -0.15) is 23.4 Å². The van der Waals surface area contributed by atoms with Crippen LogP contribution in [0.4, 0.5) is 13.2 Å². The van der Waals surface area contributed by atoms with Crippen LogP contribution in [0.15, 0.2) is 46.3 Å². The molecule has 0 radical (unpaired) electrons. The van der Waals surface area contributed by atoms with E-state index in [1.54, 1.807) is 18.2 Å². The molecule has 2 heterocycles. The minimum Gasteiger partial charge on any atom is -0.493 e. The highest BCUT2D eigenvalue weighted by atomic mass is 32.2. The number of carbonyl (C=O) groups is 2. The molecular weight excluding hydrogens is 511 g/mol. The van der Waals surface area contributed by atoms with Gasteiger partial charge in [0.15, 0.2) is 16.7 Å². The maximum absolute atomic E-state index is 13.5. The third-order valence-corrected chi connectivity index (χ3v) is 6.89. The van der Waals surface area contributed by atoms with Crippen LogP contribution in [0.5, 0.6) is 17.2 Å². The fraction of sp³-hybridized carbons (Fsp3) is 0.280. The van der Waals surface area contributed by atoms with E-state index in [1.165, 1.54) is 37.1 Å². The van der Waals surface area contributed by atoms with E-state index in [0.29, 0.717) is 47.6 Å². The first-order valence-corrected chi connectivity index (χ1v) is 11.9. The van der Waals surface area contributed by atoms with Crippen LogP contribution in [0.1, 0.15) is 29.5 Å². The number of carbonyl (C=O) groups excluding carboxylic acids is 1. The molecule has 0 spiro atoms. The van der Waals surface area contributed by atoms with Gasteiger partial charge in [0.25, 0.3) is 5.91 Å². The van der Waals surface area contributed by atoms with Crippen LogP contribution in [0.3, 0.4) is 0 Å². The Balaban J connectivity index is 1.51. The number of amides is 1. The number of benzene rings is 2. The number of aliphatic carboxylic acids is 1. The van der Waals surface area contributed by atoms with Crippen LogP contribution in [0, 0.1) is 17.2 Å². The Kier molecular flexibility index (Phi) is 7.45. The van der Waals surface area contributed by atoms with Crippen molar-refractivity contribution < 1.29 is 37.3 Å². The maximum Gasteiger partial charge on any atom is 0.420 e. The number of nitrogens with zero attached hydrogens (tertiary/aromatic N) is 3. The first-order valence-electron chi connectivity index (χ1n) is 11.1. The Hall–Kier alpha value is -3.98.